The van der Waals surface area contributed by atoms with Crippen molar-refractivity contribution in [3.63, 3.8) is 0 Å². The van der Waals surface area contributed by atoms with E-state index < -0.39 is 6.10 Å². The quantitative estimate of drug-likeness (QED) is 0.820. The maximum absolute atomic E-state index is 12.6. The highest BCUT2D eigenvalue weighted by molar-refractivity contribution is 5.96. The first-order valence-electron chi connectivity index (χ1n) is 8.57. The Labute approximate surface area is 143 Å². The number of aryl methyl sites for hydroxylation is 1. The number of aromatic nitrogens is 2. The molecule has 1 heterocycles. The number of aliphatic hydroxyl groups excluding tert-OH is 1. The van der Waals surface area contributed by atoms with E-state index in [2.05, 4.69) is 24.3 Å². The zero-order valence-corrected chi connectivity index (χ0v) is 14.9. The van der Waals surface area contributed by atoms with Gasteiger partial charge in [-0.05, 0) is 31.9 Å². The summed E-state index contributed by atoms with van der Waals surface area (Å²) >= 11 is 0. The standard InChI is InChI=1S/C19H27N3O2/c1-5-15(6-2)17(23)12-20-19(24)18-13(3)21-22(14(18)4)16-10-8-7-9-11-16/h7-11,15,17,23H,5-6,12H2,1-4H3,(H,20,24). The van der Waals surface area contributed by atoms with Crippen molar-refractivity contribution >= 4 is 5.91 Å². The van der Waals surface area contributed by atoms with Crippen LogP contribution >= 0.6 is 0 Å². The molecule has 0 bridgehead atoms. The smallest absolute Gasteiger partial charge is 0.255 e. The molecule has 0 aliphatic carbocycles. The van der Waals surface area contributed by atoms with Crippen LogP contribution in [0.5, 0.6) is 0 Å². The molecule has 5 nitrogen and oxygen atoms in total. The average Bonchev–Trinajstić information content (AvgIpc) is 2.89. The number of hydrogen-bond acceptors (Lipinski definition) is 3. The molecule has 2 N–H and O–H groups in total. The predicted molar refractivity (Wildman–Crippen MR) is 95.5 cm³/mol. The third-order valence-electron chi connectivity index (χ3n) is 4.58. The fourth-order valence-corrected chi connectivity index (χ4v) is 3.08. The van der Waals surface area contributed by atoms with Gasteiger partial charge in [-0.15, -0.1) is 0 Å². The molecule has 0 radical (unpaired) electrons. The van der Waals surface area contributed by atoms with E-state index in [-0.39, 0.29) is 18.4 Å². The van der Waals surface area contributed by atoms with Crippen LogP contribution in [0, 0.1) is 19.8 Å². The lowest BCUT2D eigenvalue weighted by Crippen LogP contribution is -2.36. The van der Waals surface area contributed by atoms with Crippen LogP contribution < -0.4 is 5.32 Å². The number of hydrogen-bond donors (Lipinski definition) is 2. The minimum absolute atomic E-state index is 0.183. The lowest BCUT2D eigenvalue weighted by Gasteiger charge is -2.20. The second-order valence-corrected chi connectivity index (χ2v) is 6.15. The van der Waals surface area contributed by atoms with E-state index in [0.717, 1.165) is 24.2 Å². The van der Waals surface area contributed by atoms with Crippen molar-refractivity contribution in [2.45, 2.75) is 46.6 Å². The van der Waals surface area contributed by atoms with E-state index in [0.29, 0.717) is 11.3 Å². The Morgan fingerprint density at radius 3 is 2.42 bits per heavy atom. The minimum atomic E-state index is -0.520. The number of amides is 1. The number of para-hydroxylation sites is 1. The van der Waals surface area contributed by atoms with Crippen LogP contribution in [0.1, 0.15) is 48.4 Å². The summed E-state index contributed by atoms with van der Waals surface area (Å²) in [6, 6.07) is 9.74. The maximum atomic E-state index is 12.6. The van der Waals surface area contributed by atoms with Gasteiger partial charge in [0, 0.05) is 6.54 Å². The molecular formula is C19H27N3O2. The lowest BCUT2D eigenvalue weighted by molar-refractivity contribution is 0.0815. The van der Waals surface area contributed by atoms with Gasteiger partial charge in [0.05, 0.1) is 28.7 Å². The second kappa shape index (κ2) is 8.11. The Bertz CT molecular complexity index is 675. The first-order valence-corrected chi connectivity index (χ1v) is 8.57. The maximum Gasteiger partial charge on any atom is 0.255 e. The fourth-order valence-electron chi connectivity index (χ4n) is 3.08. The van der Waals surface area contributed by atoms with Crippen molar-refractivity contribution in [2.75, 3.05) is 6.54 Å². The molecule has 1 aromatic heterocycles. The molecule has 0 saturated carbocycles. The van der Waals surface area contributed by atoms with Gasteiger partial charge >= 0.3 is 0 Å². The summed E-state index contributed by atoms with van der Waals surface area (Å²) in [5, 5.41) is 17.5. The topological polar surface area (TPSA) is 67.2 Å². The highest BCUT2D eigenvalue weighted by Crippen LogP contribution is 2.18. The van der Waals surface area contributed by atoms with E-state index >= 15 is 0 Å². The monoisotopic (exact) mass is 329 g/mol. The molecule has 0 aliphatic rings. The van der Waals surface area contributed by atoms with E-state index in [4.69, 9.17) is 0 Å². The average molecular weight is 329 g/mol. The molecule has 2 rings (SSSR count). The van der Waals surface area contributed by atoms with Gasteiger partial charge in [-0.3, -0.25) is 4.79 Å². The van der Waals surface area contributed by atoms with Gasteiger partial charge in [-0.2, -0.15) is 5.10 Å². The highest BCUT2D eigenvalue weighted by Gasteiger charge is 2.21. The van der Waals surface area contributed by atoms with Crippen molar-refractivity contribution in [1.29, 1.82) is 0 Å². The first-order chi connectivity index (χ1) is 11.5. The number of carbonyl (C=O) groups excluding carboxylic acids is 1. The Morgan fingerprint density at radius 2 is 1.83 bits per heavy atom. The Hall–Kier alpha value is -2.14. The summed E-state index contributed by atoms with van der Waals surface area (Å²) in [5.41, 5.74) is 2.99. The number of rotatable bonds is 7. The second-order valence-electron chi connectivity index (χ2n) is 6.15. The van der Waals surface area contributed by atoms with Gasteiger partial charge < -0.3 is 10.4 Å². The molecule has 5 heteroatoms. The van der Waals surface area contributed by atoms with Crippen LogP contribution in [0.2, 0.25) is 0 Å². The zero-order chi connectivity index (χ0) is 17.7. The number of carbonyl (C=O) groups is 1. The van der Waals surface area contributed by atoms with Crippen molar-refractivity contribution in [1.82, 2.24) is 15.1 Å². The van der Waals surface area contributed by atoms with Gasteiger partial charge in [-0.1, -0.05) is 44.9 Å². The SMILES string of the molecule is CCC(CC)C(O)CNC(=O)c1c(C)nn(-c2ccccc2)c1C. The highest BCUT2D eigenvalue weighted by atomic mass is 16.3. The normalized spacial score (nSPS) is 12.4. The number of nitrogens with one attached hydrogen (secondary N) is 1. The molecule has 0 saturated heterocycles. The van der Waals surface area contributed by atoms with Crippen LogP contribution in [0.15, 0.2) is 30.3 Å². The molecular weight excluding hydrogens is 302 g/mol. The Balaban J connectivity index is 2.15. The van der Waals surface area contributed by atoms with Crippen LogP contribution in [0.4, 0.5) is 0 Å². The van der Waals surface area contributed by atoms with Crippen molar-refractivity contribution in [2.24, 2.45) is 5.92 Å². The molecule has 130 valence electrons. The van der Waals surface area contributed by atoms with Crippen LogP contribution in [0.3, 0.4) is 0 Å². The molecule has 1 amide bonds. The molecule has 1 atom stereocenters. The Kier molecular flexibility index (Phi) is 6.15. The summed E-state index contributed by atoms with van der Waals surface area (Å²) in [6.45, 7) is 8.09. The van der Waals surface area contributed by atoms with Crippen LogP contribution in [0.25, 0.3) is 5.69 Å². The first kappa shape index (κ1) is 18.2. The van der Waals surface area contributed by atoms with Gasteiger partial charge in [0.25, 0.3) is 5.91 Å². The largest absolute Gasteiger partial charge is 0.391 e. The number of benzene rings is 1. The van der Waals surface area contributed by atoms with Crippen LogP contribution in [-0.2, 0) is 0 Å². The number of nitrogens with zero attached hydrogens (tertiary/aromatic N) is 2. The summed E-state index contributed by atoms with van der Waals surface area (Å²) in [5.74, 6) is 0.0247. The zero-order valence-electron chi connectivity index (χ0n) is 14.9. The van der Waals surface area contributed by atoms with Crippen molar-refractivity contribution in [3.8, 4) is 5.69 Å². The van der Waals surface area contributed by atoms with Crippen molar-refractivity contribution in [3.05, 3.63) is 47.3 Å². The molecule has 2 aromatic rings. The lowest BCUT2D eigenvalue weighted by atomic mass is 9.96. The molecule has 0 spiro atoms. The Morgan fingerprint density at radius 1 is 1.21 bits per heavy atom. The van der Waals surface area contributed by atoms with E-state index in [1.165, 1.54) is 0 Å². The molecule has 1 aromatic carbocycles. The van der Waals surface area contributed by atoms with E-state index in [1.54, 1.807) is 4.68 Å². The third-order valence-corrected chi connectivity index (χ3v) is 4.58. The predicted octanol–water partition coefficient (Wildman–Crippen LogP) is 3.02. The molecule has 1 unspecified atom stereocenters. The fraction of sp³-hybridized carbons (Fsp3) is 0.474. The third kappa shape index (κ3) is 3.85. The summed E-state index contributed by atoms with van der Waals surface area (Å²) in [4.78, 5) is 12.6. The number of aliphatic hydroxyl groups is 1. The minimum Gasteiger partial charge on any atom is -0.391 e. The summed E-state index contributed by atoms with van der Waals surface area (Å²) < 4.78 is 1.78. The summed E-state index contributed by atoms with van der Waals surface area (Å²) in [6.07, 6.45) is 1.28. The van der Waals surface area contributed by atoms with Gasteiger partial charge in [0.2, 0.25) is 0 Å². The van der Waals surface area contributed by atoms with E-state index in [9.17, 15) is 9.90 Å². The van der Waals surface area contributed by atoms with Gasteiger partial charge in [-0.25, -0.2) is 4.68 Å². The summed E-state index contributed by atoms with van der Waals surface area (Å²) in [7, 11) is 0. The molecule has 0 fully saturated rings. The molecule has 24 heavy (non-hydrogen) atoms. The van der Waals surface area contributed by atoms with Gasteiger partial charge in [0.15, 0.2) is 0 Å². The molecule has 0 aliphatic heterocycles. The van der Waals surface area contributed by atoms with E-state index in [1.807, 2.05) is 44.2 Å². The van der Waals surface area contributed by atoms with Crippen LogP contribution in [-0.4, -0.2) is 33.4 Å². The van der Waals surface area contributed by atoms with Crippen molar-refractivity contribution < 1.29 is 9.90 Å². The van der Waals surface area contributed by atoms with Gasteiger partial charge in [0.1, 0.15) is 0 Å².